The van der Waals surface area contributed by atoms with Crippen LogP contribution in [0.5, 0.6) is 5.75 Å². The van der Waals surface area contributed by atoms with Crippen LogP contribution in [0.3, 0.4) is 0 Å². The fourth-order valence-corrected chi connectivity index (χ4v) is 4.64. The molecule has 1 aliphatic rings. The van der Waals surface area contributed by atoms with Gasteiger partial charge in [-0.25, -0.2) is 9.18 Å². The minimum Gasteiger partial charge on any atom is -0.489 e. The fraction of sp³-hybridized carbons (Fsp3) is 0.448. The van der Waals surface area contributed by atoms with Crippen LogP contribution in [0.1, 0.15) is 36.7 Å². The number of ether oxygens (including phenoxy) is 3. The number of hydrogen-bond acceptors (Lipinski definition) is 8. The molecule has 1 fully saturated rings. The van der Waals surface area contributed by atoms with E-state index in [-0.39, 0.29) is 17.9 Å². The first kappa shape index (κ1) is 27.6. The molecular formula is C29H37FN4O4. The first-order valence-corrected chi connectivity index (χ1v) is 13.1. The molecule has 0 saturated carbocycles. The van der Waals surface area contributed by atoms with Gasteiger partial charge in [0.2, 0.25) is 0 Å². The summed E-state index contributed by atoms with van der Waals surface area (Å²) in [5.41, 5.74) is 3.27. The summed E-state index contributed by atoms with van der Waals surface area (Å²) in [6, 6.07) is 9.27. The second kappa shape index (κ2) is 12.4. The Bertz CT molecular complexity index is 1280. The smallest absolute Gasteiger partial charge is 0.341 e. The number of pyridine rings is 1. The van der Waals surface area contributed by atoms with E-state index in [2.05, 4.69) is 33.9 Å². The third-order valence-corrected chi connectivity index (χ3v) is 6.76. The molecule has 2 aromatic carbocycles. The van der Waals surface area contributed by atoms with Gasteiger partial charge in [-0.2, -0.15) is 0 Å². The highest BCUT2D eigenvalue weighted by Gasteiger charge is 2.25. The van der Waals surface area contributed by atoms with Gasteiger partial charge in [0.05, 0.1) is 35.8 Å². The van der Waals surface area contributed by atoms with Gasteiger partial charge in [0.1, 0.15) is 23.7 Å². The SMILES string of the molecule is CCOC(=O)c1cnc2cc(OCCOC)c(N3CCN(C(C)C)CC3)cc2c1Nc1ccc(C)cc1F. The van der Waals surface area contributed by atoms with Crippen molar-refractivity contribution in [3.8, 4) is 5.75 Å². The maximum atomic E-state index is 14.9. The minimum atomic E-state index is -0.524. The summed E-state index contributed by atoms with van der Waals surface area (Å²) in [5.74, 6) is -0.241. The van der Waals surface area contributed by atoms with Crippen LogP contribution in [0.25, 0.3) is 10.9 Å². The van der Waals surface area contributed by atoms with Crippen molar-refractivity contribution in [1.29, 1.82) is 0 Å². The van der Waals surface area contributed by atoms with Gasteiger partial charge in [0, 0.05) is 57.0 Å². The Morgan fingerprint density at radius 1 is 1.13 bits per heavy atom. The number of fused-ring (bicyclic) bond motifs is 1. The molecule has 0 unspecified atom stereocenters. The zero-order chi connectivity index (χ0) is 27.2. The van der Waals surface area contributed by atoms with Gasteiger partial charge >= 0.3 is 5.97 Å². The van der Waals surface area contributed by atoms with Crippen LogP contribution in [-0.4, -0.2) is 75.0 Å². The zero-order valence-electron chi connectivity index (χ0n) is 22.8. The molecule has 38 heavy (non-hydrogen) atoms. The molecule has 0 bridgehead atoms. The van der Waals surface area contributed by atoms with Crippen LogP contribution in [0.15, 0.2) is 36.5 Å². The number of rotatable bonds is 10. The number of aryl methyl sites for hydroxylation is 1. The van der Waals surface area contributed by atoms with Crippen LogP contribution in [0, 0.1) is 12.7 Å². The highest BCUT2D eigenvalue weighted by Crippen LogP contribution is 2.39. The number of methoxy groups -OCH3 is 1. The summed E-state index contributed by atoms with van der Waals surface area (Å²) in [6.45, 7) is 12.5. The molecule has 0 radical (unpaired) electrons. The Hall–Kier alpha value is -3.43. The lowest BCUT2D eigenvalue weighted by Crippen LogP contribution is -2.49. The second-order valence-corrected chi connectivity index (χ2v) is 9.67. The number of esters is 1. The Morgan fingerprint density at radius 2 is 1.89 bits per heavy atom. The van der Waals surface area contributed by atoms with Crippen LogP contribution in [-0.2, 0) is 9.47 Å². The Kier molecular flexibility index (Phi) is 9.01. The van der Waals surface area contributed by atoms with E-state index in [9.17, 15) is 9.18 Å². The predicted octanol–water partition coefficient (Wildman–Crippen LogP) is 5.16. The van der Waals surface area contributed by atoms with E-state index in [1.165, 1.54) is 12.3 Å². The average molecular weight is 525 g/mol. The number of benzene rings is 2. The van der Waals surface area contributed by atoms with Crippen molar-refractivity contribution in [2.24, 2.45) is 0 Å². The van der Waals surface area contributed by atoms with Gasteiger partial charge in [0.15, 0.2) is 0 Å². The molecule has 1 aliphatic heterocycles. The lowest BCUT2D eigenvalue weighted by molar-refractivity contribution is 0.0527. The number of anilines is 3. The molecule has 4 rings (SSSR count). The predicted molar refractivity (Wildman–Crippen MR) is 148 cm³/mol. The molecule has 2 heterocycles. The second-order valence-electron chi connectivity index (χ2n) is 9.67. The largest absolute Gasteiger partial charge is 0.489 e. The molecule has 1 saturated heterocycles. The number of nitrogens with zero attached hydrogens (tertiary/aromatic N) is 3. The van der Waals surface area contributed by atoms with Crippen molar-refractivity contribution < 1.29 is 23.4 Å². The monoisotopic (exact) mass is 524 g/mol. The standard InChI is InChI=1S/C29H37FN4O4/c1-6-37-29(35)22-18-31-25-17-27(38-14-13-36-5)26(34-11-9-33(10-12-34)19(2)3)16-21(25)28(22)32-24-8-7-20(4)15-23(24)30/h7-8,15-19H,6,9-14H2,1-5H3,(H,31,32). The number of hydrogen-bond donors (Lipinski definition) is 1. The first-order valence-electron chi connectivity index (χ1n) is 13.1. The first-order chi connectivity index (χ1) is 18.3. The molecule has 3 aromatic rings. The number of piperazine rings is 1. The van der Waals surface area contributed by atoms with Crippen molar-refractivity contribution >= 4 is 33.9 Å². The van der Waals surface area contributed by atoms with Gasteiger partial charge in [-0.1, -0.05) is 6.07 Å². The van der Waals surface area contributed by atoms with Gasteiger partial charge in [-0.15, -0.1) is 0 Å². The van der Waals surface area contributed by atoms with Gasteiger partial charge in [-0.05, 0) is 51.5 Å². The molecule has 9 heteroatoms. The van der Waals surface area contributed by atoms with E-state index in [1.54, 1.807) is 20.1 Å². The van der Waals surface area contributed by atoms with E-state index in [0.29, 0.717) is 41.6 Å². The fourth-order valence-electron chi connectivity index (χ4n) is 4.64. The van der Waals surface area contributed by atoms with Crippen molar-refractivity contribution in [2.75, 3.05) is 63.3 Å². The van der Waals surface area contributed by atoms with Gasteiger partial charge in [-0.3, -0.25) is 9.88 Å². The number of carbonyl (C=O) groups is 1. The van der Waals surface area contributed by atoms with E-state index >= 15 is 0 Å². The van der Waals surface area contributed by atoms with Gasteiger partial charge in [0.25, 0.3) is 0 Å². The van der Waals surface area contributed by atoms with Gasteiger partial charge < -0.3 is 24.4 Å². The van der Waals surface area contributed by atoms with E-state index in [4.69, 9.17) is 14.2 Å². The summed E-state index contributed by atoms with van der Waals surface area (Å²) >= 11 is 0. The Balaban J connectivity index is 1.84. The molecule has 0 atom stereocenters. The average Bonchev–Trinajstić information content (AvgIpc) is 2.90. The van der Waals surface area contributed by atoms with Crippen molar-refractivity contribution in [2.45, 2.75) is 33.7 Å². The summed E-state index contributed by atoms with van der Waals surface area (Å²) in [5, 5.41) is 3.85. The molecular weight excluding hydrogens is 487 g/mol. The number of carbonyl (C=O) groups excluding carboxylic acids is 1. The zero-order valence-corrected chi connectivity index (χ0v) is 22.8. The van der Waals surface area contributed by atoms with Crippen molar-refractivity contribution in [3.63, 3.8) is 0 Å². The summed E-state index contributed by atoms with van der Waals surface area (Å²) < 4.78 is 31.5. The molecule has 204 valence electrons. The van der Waals surface area contributed by atoms with Crippen LogP contribution < -0.4 is 15.0 Å². The Morgan fingerprint density at radius 3 is 2.55 bits per heavy atom. The van der Waals surface area contributed by atoms with E-state index in [1.807, 2.05) is 25.1 Å². The topological polar surface area (TPSA) is 76.2 Å². The third-order valence-electron chi connectivity index (χ3n) is 6.76. The number of aromatic nitrogens is 1. The van der Waals surface area contributed by atoms with E-state index < -0.39 is 11.8 Å². The third kappa shape index (κ3) is 6.16. The maximum absolute atomic E-state index is 14.9. The van der Waals surface area contributed by atoms with Crippen LogP contribution in [0.4, 0.5) is 21.5 Å². The number of nitrogens with one attached hydrogen (secondary N) is 1. The molecule has 8 nitrogen and oxygen atoms in total. The summed E-state index contributed by atoms with van der Waals surface area (Å²) in [6.07, 6.45) is 1.47. The maximum Gasteiger partial charge on any atom is 0.341 e. The highest BCUT2D eigenvalue weighted by molar-refractivity contribution is 6.07. The van der Waals surface area contributed by atoms with Crippen LogP contribution in [0.2, 0.25) is 0 Å². The molecule has 0 spiro atoms. The minimum absolute atomic E-state index is 0.215. The van der Waals surface area contributed by atoms with E-state index in [0.717, 1.165) is 37.4 Å². The summed E-state index contributed by atoms with van der Waals surface area (Å²) in [7, 11) is 1.64. The normalized spacial score (nSPS) is 14.2. The lowest BCUT2D eigenvalue weighted by atomic mass is 10.1. The molecule has 0 amide bonds. The van der Waals surface area contributed by atoms with Crippen molar-refractivity contribution in [1.82, 2.24) is 9.88 Å². The molecule has 0 aliphatic carbocycles. The number of halogens is 1. The highest BCUT2D eigenvalue weighted by atomic mass is 19.1. The Labute approximate surface area is 223 Å². The lowest BCUT2D eigenvalue weighted by Gasteiger charge is -2.38. The quantitative estimate of drug-likeness (QED) is 0.288. The molecule has 1 aromatic heterocycles. The molecule has 1 N–H and O–H groups in total. The summed E-state index contributed by atoms with van der Waals surface area (Å²) in [4.78, 5) is 22.2. The van der Waals surface area contributed by atoms with Crippen molar-refractivity contribution in [3.05, 3.63) is 53.5 Å². The van der Waals surface area contributed by atoms with Crippen LogP contribution >= 0.6 is 0 Å².